The van der Waals surface area contributed by atoms with Crippen LogP contribution >= 0.6 is 0 Å². The van der Waals surface area contributed by atoms with Gasteiger partial charge >= 0.3 is 0 Å². The first-order valence-electron chi connectivity index (χ1n) is 12.5. The number of likely N-dealkylation sites (tertiary alicyclic amines) is 2. The highest BCUT2D eigenvalue weighted by Crippen LogP contribution is 2.32. The first kappa shape index (κ1) is 25.2. The number of carbonyl (C=O) groups is 4. The Morgan fingerprint density at radius 1 is 1.11 bits per heavy atom. The molecule has 0 bridgehead atoms. The molecular formula is C26H36N4O5. The zero-order valence-electron chi connectivity index (χ0n) is 21.0. The summed E-state index contributed by atoms with van der Waals surface area (Å²) in [5.74, 6) is -0.690. The lowest BCUT2D eigenvalue weighted by molar-refractivity contribution is -0.142. The number of nitrogens with one attached hydrogen (secondary N) is 1. The van der Waals surface area contributed by atoms with Crippen molar-refractivity contribution in [2.24, 2.45) is 5.92 Å². The minimum Gasteiger partial charge on any atom is -0.378 e. The van der Waals surface area contributed by atoms with Crippen molar-refractivity contribution in [2.75, 3.05) is 38.7 Å². The highest BCUT2D eigenvalue weighted by atomic mass is 16.5. The number of ketones is 1. The molecule has 3 heterocycles. The summed E-state index contributed by atoms with van der Waals surface area (Å²) in [7, 11) is 3.85. The number of rotatable bonds is 7. The third-order valence-corrected chi connectivity index (χ3v) is 7.15. The number of nitrogens with zero attached hydrogens (tertiary/aromatic N) is 3. The number of hydrogen-bond acceptors (Lipinski definition) is 6. The Bertz CT molecular complexity index is 970. The smallest absolute Gasteiger partial charge is 0.252 e. The normalized spacial score (nSPS) is 24.6. The van der Waals surface area contributed by atoms with E-state index in [0.29, 0.717) is 38.0 Å². The van der Waals surface area contributed by atoms with Gasteiger partial charge in [0, 0.05) is 38.5 Å². The van der Waals surface area contributed by atoms with Crippen molar-refractivity contribution >= 4 is 29.2 Å². The summed E-state index contributed by atoms with van der Waals surface area (Å²) in [5, 5.41) is 2.91. The molecule has 35 heavy (non-hydrogen) atoms. The maximum Gasteiger partial charge on any atom is 0.252 e. The van der Waals surface area contributed by atoms with Gasteiger partial charge in [0.2, 0.25) is 5.91 Å². The molecule has 0 saturated carbocycles. The molecule has 9 nitrogen and oxygen atoms in total. The Morgan fingerprint density at radius 3 is 2.43 bits per heavy atom. The third-order valence-electron chi connectivity index (χ3n) is 7.15. The Balaban J connectivity index is 1.47. The third kappa shape index (κ3) is 5.19. The lowest BCUT2D eigenvalue weighted by Crippen LogP contribution is -2.53. The van der Waals surface area contributed by atoms with Crippen LogP contribution in [0.15, 0.2) is 24.3 Å². The Morgan fingerprint density at radius 2 is 1.83 bits per heavy atom. The second-order valence-electron chi connectivity index (χ2n) is 10.4. The molecule has 4 rings (SSSR count). The van der Waals surface area contributed by atoms with Gasteiger partial charge in [-0.05, 0) is 55.9 Å². The van der Waals surface area contributed by atoms with E-state index in [1.165, 1.54) is 0 Å². The molecule has 1 aromatic carbocycles. The number of carbonyl (C=O) groups excluding carboxylic acids is 4. The SMILES string of the molecule is CC(C)CC(NC(=O)c1ccc(N(C)C)cc1)C(=O)N1CCC2C1C(=O)CN2C(=O)C1CCCO1. The van der Waals surface area contributed by atoms with E-state index in [0.717, 1.165) is 12.1 Å². The monoisotopic (exact) mass is 484 g/mol. The van der Waals surface area contributed by atoms with Gasteiger partial charge in [-0.2, -0.15) is 0 Å². The van der Waals surface area contributed by atoms with Crippen LogP contribution in [0, 0.1) is 5.92 Å². The average Bonchev–Trinajstić information content (AvgIpc) is 3.56. The molecule has 3 aliphatic heterocycles. The lowest BCUT2D eigenvalue weighted by atomic mass is 10.0. The van der Waals surface area contributed by atoms with Gasteiger partial charge in [-0.3, -0.25) is 19.2 Å². The van der Waals surface area contributed by atoms with Crippen molar-refractivity contribution in [3.05, 3.63) is 29.8 Å². The molecule has 0 radical (unpaired) electrons. The van der Waals surface area contributed by atoms with Crippen LogP contribution in [0.1, 0.15) is 49.9 Å². The lowest BCUT2D eigenvalue weighted by Gasteiger charge is -2.29. The van der Waals surface area contributed by atoms with Crippen LogP contribution in [0.4, 0.5) is 5.69 Å². The standard InChI is InChI=1S/C26H36N4O5/c1-16(2)14-19(27-24(32)17-7-9-18(10-8-17)28(3)4)25(33)29-12-11-20-23(29)21(31)15-30(20)26(34)22-6-5-13-35-22/h7-10,16,19-20,22-23H,5-6,11-15H2,1-4H3,(H,27,32). The first-order chi connectivity index (χ1) is 16.7. The zero-order valence-corrected chi connectivity index (χ0v) is 21.0. The molecule has 1 aromatic rings. The molecule has 190 valence electrons. The predicted molar refractivity (Wildman–Crippen MR) is 131 cm³/mol. The van der Waals surface area contributed by atoms with Crippen LogP contribution in [-0.4, -0.2) is 91.3 Å². The zero-order chi connectivity index (χ0) is 25.3. The molecule has 3 amide bonds. The molecule has 4 unspecified atom stereocenters. The molecule has 4 atom stereocenters. The van der Waals surface area contributed by atoms with Gasteiger partial charge in [-0.1, -0.05) is 13.8 Å². The number of benzene rings is 1. The van der Waals surface area contributed by atoms with Crippen molar-refractivity contribution in [1.82, 2.24) is 15.1 Å². The van der Waals surface area contributed by atoms with Gasteiger partial charge in [0.05, 0.1) is 12.6 Å². The summed E-state index contributed by atoms with van der Waals surface area (Å²) in [4.78, 5) is 57.7. The second-order valence-corrected chi connectivity index (χ2v) is 10.4. The highest BCUT2D eigenvalue weighted by Gasteiger charge is 2.53. The van der Waals surface area contributed by atoms with Crippen molar-refractivity contribution in [3.63, 3.8) is 0 Å². The van der Waals surface area contributed by atoms with E-state index in [1.807, 2.05) is 45.0 Å². The van der Waals surface area contributed by atoms with Crippen molar-refractivity contribution in [2.45, 2.75) is 63.8 Å². The number of amides is 3. The van der Waals surface area contributed by atoms with Crippen LogP contribution in [0.5, 0.6) is 0 Å². The Labute approximate surface area is 206 Å². The number of hydrogen-bond donors (Lipinski definition) is 1. The Hall–Kier alpha value is -2.94. The largest absolute Gasteiger partial charge is 0.378 e. The minimum atomic E-state index is -0.745. The Kier molecular flexibility index (Phi) is 7.44. The van der Waals surface area contributed by atoms with Gasteiger partial charge in [0.1, 0.15) is 18.2 Å². The van der Waals surface area contributed by atoms with Crippen molar-refractivity contribution in [1.29, 1.82) is 0 Å². The van der Waals surface area contributed by atoms with Crippen molar-refractivity contribution in [3.8, 4) is 0 Å². The summed E-state index contributed by atoms with van der Waals surface area (Å²) < 4.78 is 5.54. The van der Waals surface area contributed by atoms with Gasteiger partial charge in [0.15, 0.2) is 5.78 Å². The maximum absolute atomic E-state index is 13.6. The van der Waals surface area contributed by atoms with Crippen LogP contribution in [0.3, 0.4) is 0 Å². The molecule has 0 aliphatic carbocycles. The minimum absolute atomic E-state index is 0.0111. The topological polar surface area (TPSA) is 99.3 Å². The van der Waals surface area contributed by atoms with Gasteiger partial charge in [-0.15, -0.1) is 0 Å². The summed E-state index contributed by atoms with van der Waals surface area (Å²) in [6, 6.07) is 5.47. The molecule has 1 N–H and O–H groups in total. The number of ether oxygens (including phenoxy) is 1. The molecule has 0 spiro atoms. The number of fused-ring (bicyclic) bond motifs is 1. The van der Waals surface area contributed by atoms with Crippen LogP contribution in [0.2, 0.25) is 0 Å². The molecule has 3 aliphatic rings. The predicted octanol–water partition coefficient (Wildman–Crippen LogP) is 1.46. The molecule has 3 saturated heterocycles. The number of anilines is 1. The van der Waals surface area contributed by atoms with E-state index in [9.17, 15) is 19.2 Å². The van der Waals surface area contributed by atoms with Crippen LogP contribution < -0.4 is 10.2 Å². The van der Waals surface area contributed by atoms with E-state index < -0.39 is 18.2 Å². The van der Waals surface area contributed by atoms with Gasteiger partial charge in [0.25, 0.3) is 11.8 Å². The van der Waals surface area contributed by atoms with E-state index in [2.05, 4.69) is 5.32 Å². The quantitative estimate of drug-likeness (QED) is 0.629. The van der Waals surface area contributed by atoms with Crippen LogP contribution in [-0.2, 0) is 19.1 Å². The fraction of sp³-hybridized carbons (Fsp3) is 0.615. The molecule has 3 fully saturated rings. The highest BCUT2D eigenvalue weighted by molar-refractivity contribution is 6.01. The van der Waals surface area contributed by atoms with Crippen molar-refractivity contribution < 1.29 is 23.9 Å². The van der Waals surface area contributed by atoms with Gasteiger partial charge < -0.3 is 24.8 Å². The molecule has 9 heteroatoms. The van der Waals surface area contributed by atoms with Gasteiger partial charge in [-0.25, -0.2) is 0 Å². The first-order valence-corrected chi connectivity index (χ1v) is 12.5. The molecule has 0 aromatic heterocycles. The van der Waals surface area contributed by atoms with E-state index in [4.69, 9.17) is 4.74 Å². The summed E-state index contributed by atoms with van der Waals surface area (Å²) in [6.07, 6.45) is 2.03. The fourth-order valence-corrected chi connectivity index (χ4v) is 5.36. The summed E-state index contributed by atoms with van der Waals surface area (Å²) in [5.41, 5.74) is 1.45. The van der Waals surface area contributed by atoms with E-state index in [-0.39, 0.29) is 42.0 Å². The summed E-state index contributed by atoms with van der Waals surface area (Å²) in [6.45, 7) is 4.95. The number of Topliss-reactive ketones (excluding diaryl/α,β-unsaturated/α-hetero) is 1. The summed E-state index contributed by atoms with van der Waals surface area (Å²) >= 11 is 0. The molecular weight excluding hydrogens is 448 g/mol. The average molecular weight is 485 g/mol. The second kappa shape index (κ2) is 10.4. The maximum atomic E-state index is 13.6. The van der Waals surface area contributed by atoms with Crippen LogP contribution in [0.25, 0.3) is 0 Å². The van der Waals surface area contributed by atoms with E-state index in [1.54, 1.807) is 21.9 Å². The van der Waals surface area contributed by atoms with E-state index >= 15 is 0 Å². The fourth-order valence-electron chi connectivity index (χ4n) is 5.36.